The average Bonchev–Trinajstić information content (AvgIpc) is 4.03. The molecule has 5 heteroatoms. The Labute approximate surface area is 331 Å². The van der Waals surface area contributed by atoms with E-state index >= 15 is 0 Å². The first-order chi connectivity index (χ1) is 28.7. The van der Waals surface area contributed by atoms with Crippen molar-refractivity contribution < 1.29 is 8.83 Å². The van der Waals surface area contributed by atoms with Crippen LogP contribution in [-0.4, -0.2) is 14.1 Å². The van der Waals surface area contributed by atoms with E-state index in [1.54, 1.807) is 6.20 Å². The minimum absolute atomic E-state index is 0.650. The molecule has 0 bridgehead atoms. The highest BCUT2D eigenvalue weighted by atomic mass is 16.3. The van der Waals surface area contributed by atoms with Crippen LogP contribution < -0.4 is 0 Å². The average molecular weight is 742 g/mol. The van der Waals surface area contributed by atoms with Gasteiger partial charge >= 0.3 is 0 Å². The molecule has 5 nitrogen and oxygen atoms in total. The maximum Gasteiger partial charge on any atom is 0.227 e. The topological polar surface area (TPSA) is 49.0 Å². The highest BCUT2D eigenvalue weighted by molar-refractivity contribution is 6.13. The monoisotopic (exact) mass is 741 g/mol. The van der Waals surface area contributed by atoms with Gasteiger partial charge in [-0.25, -0.2) is 4.98 Å². The maximum atomic E-state index is 6.17. The summed E-state index contributed by atoms with van der Waals surface area (Å²) in [5, 5.41) is 9.19. The van der Waals surface area contributed by atoms with Gasteiger partial charge in [0.2, 0.25) is 5.71 Å². The number of furan rings is 2. The van der Waals surface area contributed by atoms with Crippen molar-refractivity contribution in [2.75, 3.05) is 0 Å². The summed E-state index contributed by atoms with van der Waals surface area (Å²) in [4.78, 5) is 4.50. The Balaban J connectivity index is 1.07. The van der Waals surface area contributed by atoms with Crippen LogP contribution in [0.1, 0.15) is 0 Å². The number of pyridine rings is 1. The van der Waals surface area contributed by atoms with Gasteiger partial charge in [-0.2, -0.15) is 0 Å². The molecule has 0 saturated heterocycles. The first-order valence-electron chi connectivity index (χ1n) is 19.6. The highest BCUT2D eigenvalue weighted by Crippen LogP contribution is 2.41. The molecule has 58 heavy (non-hydrogen) atoms. The van der Waals surface area contributed by atoms with E-state index < -0.39 is 0 Å². The fraction of sp³-hybridized carbons (Fsp3) is 0. The molecule has 13 rings (SSSR count). The van der Waals surface area contributed by atoms with Crippen molar-refractivity contribution in [3.05, 3.63) is 188 Å². The normalized spacial score (nSPS) is 12.1. The molecule has 0 fully saturated rings. The quantitative estimate of drug-likeness (QED) is 0.180. The summed E-state index contributed by atoms with van der Waals surface area (Å²) in [6.45, 7) is 0. The second-order valence-corrected chi connectivity index (χ2v) is 15.2. The van der Waals surface area contributed by atoms with Crippen LogP contribution in [-0.2, 0) is 0 Å². The first kappa shape index (κ1) is 31.3. The number of hydrogen-bond acceptors (Lipinski definition) is 3. The van der Waals surface area contributed by atoms with Crippen LogP contribution in [0.4, 0.5) is 0 Å². The minimum Gasteiger partial charge on any atom is -0.456 e. The Morgan fingerprint density at radius 3 is 1.45 bits per heavy atom. The molecule has 5 aromatic heterocycles. The minimum atomic E-state index is 0.650. The molecule has 0 radical (unpaired) electrons. The summed E-state index contributed by atoms with van der Waals surface area (Å²) in [6, 6.07) is 65.4. The zero-order chi connectivity index (χ0) is 37.9. The Morgan fingerprint density at radius 2 is 0.776 bits per heavy atom. The third-order valence-electron chi connectivity index (χ3n) is 12.0. The summed E-state index contributed by atoms with van der Waals surface area (Å²) in [6.07, 6.45) is 1.78. The largest absolute Gasteiger partial charge is 0.456 e. The molecule has 0 aliphatic carbocycles. The lowest BCUT2D eigenvalue weighted by atomic mass is 10.0. The lowest BCUT2D eigenvalue weighted by Gasteiger charge is -2.16. The van der Waals surface area contributed by atoms with E-state index in [1.165, 1.54) is 32.6 Å². The van der Waals surface area contributed by atoms with Crippen molar-refractivity contribution in [3.8, 4) is 33.6 Å². The molecule has 0 N–H and O–H groups in total. The lowest BCUT2D eigenvalue weighted by Crippen LogP contribution is -2.00. The summed E-state index contributed by atoms with van der Waals surface area (Å²) < 4.78 is 17.2. The molecule has 0 atom stereocenters. The van der Waals surface area contributed by atoms with Gasteiger partial charge < -0.3 is 18.0 Å². The van der Waals surface area contributed by atoms with Gasteiger partial charge in [-0.3, -0.25) is 0 Å². The number of para-hydroxylation sites is 4. The summed E-state index contributed by atoms with van der Waals surface area (Å²) >= 11 is 0. The van der Waals surface area contributed by atoms with Gasteiger partial charge in [0.15, 0.2) is 0 Å². The van der Waals surface area contributed by atoms with E-state index in [9.17, 15) is 0 Å². The Bertz CT molecular complexity index is 3770. The highest BCUT2D eigenvalue weighted by Gasteiger charge is 2.19. The van der Waals surface area contributed by atoms with Crippen LogP contribution in [0.25, 0.3) is 121 Å². The molecule has 0 saturated carbocycles. The Hall–Kier alpha value is -7.89. The molecular weight excluding hydrogens is 711 g/mol. The third kappa shape index (κ3) is 4.50. The fourth-order valence-electron chi connectivity index (χ4n) is 9.35. The predicted octanol–water partition coefficient (Wildman–Crippen LogP) is 14.4. The lowest BCUT2D eigenvalue weighted by molar-refractivity contribution is 0.654. The molecule has 0 amide bonds. The van der Waals surface area contributed by atoms with Crippen molar-refractivity contribution in [2.45, 2.75) is 0 Å². The zero-order valence-electron chi connectivity index (χ0n) is 31.1. The predicted molar refractivity (Wildman–Crippen MR) is 238 cm³/mol. The number of rotatable bonds is 4. The summed E-state index contributed by atoms with van der Waals surface area (Å²) in [5.74, 6) is 0. The van der Waals surface area contributed by atoms with Gasteiger partial charge in [0.25, 0.3) is 0 Å². The van der Waals surface area contributed by atoms with E-state index in [2.05, 4.69) is 178 Å². The number of benzene rings is 8. The van der Waals surface area contributed by atoms with Crippen LogP contribution in [0.2, 0.25) is 0 Å². The van der Waals surface area contributed by atoms with Crippen molar-refractivity contribution in [3.63, 3.8) is 0 Å². The van der Waals surface area contributed by atoms with E-state index in [0.717, 1.165) is 83.0 Å². The van der Waals surface area contributed by atoms with Crippen molar-refractivity contribution in [1.82, 2.24) is 14.1 Å². The smallest absolute Gasteiger partial charge is 0.227 e. The second kappa shape index (κ2) is 11.8. The molecular formula is C53H31N3O2. The van der Waals surface area contributed by atoms with Gasteiger partial charge in [0.05, 0.1) is 22.1 Å². The summed E-state index contributed by atoms with van der Waals surface area (Å²) in [7, 11) is 0. The van der Waals surface area contributed by atoms with E-state index in [0.29, 0.717) is 5.71 Å². The molecule has 270 valence electrons. The number of aromatic nitrogens is 3. The Kier molecular flexibility index (Phi) is 6.38. The molecule has 5 heterocycles. The number of nitrogens with zero attached hydrogens (tertiary/aromatic N) is 3. The van der Waals surface area contributed by atoms with E-state index in [1.807, 2.05) is 18.2 Å². The van der Waals surface area contributed by atoms with Gasteiger partial charge in [-0.1, -0.05) is 91.0 Å². The zero-order valence-corrected chi connectivity index (χ0v) is 31.1. The second-order valence-electron chi connectivity index (χ2n) is 15.2. The van der Waals surface area contributed by atoms with Crippen LogP contribution in [0.15, 0.2) is 197 Å². The van der Waals surface area contributed by atoms with E-state index in [-0.39, 0.29) is 0 Å². The van der Waals surface area contributed by atoms with Crippen LogP contribution in [0.3, 0.4) is 0 Å². The van der Waals surface area contributed by atoms with Crippen LogP contribution in [0.5, 0.6) is 0 Å². The van der Waals surface area contributed by atoms with Crippen molar-refractivity contribution >= 4 is 87.6 Å². The van der Waals surface area contributed by atoms with E-state index in [4.69, 9.17) is 8.83 Å². The first-order valence-corrected chi connectivity index (χ1v) is 19.6. The standard InChI is InChI=1S/C53H31N3O2/c1-5-15-46-38(10-1)39-11-2-6-16-47(39)55(46)36-26-35(34-21-24-52-45(30-34)42-14-9-25-54-53(42)58-52)27-37(31-36)56-48-17-7-3-12-40(48)43-28-32(19-22-49(43)56)33-20-23-51-44(29-33)41-13-4-8-18-50(41)57-51/h1-31H. The fourth-order valence-corrected chi connectivity index (χ4v) is 9.35. The van der Waals surface area contributed by atoms with Gasteiger partial charge in [0.1, 0.15) is 16.7 Å². The molecule has 0 aliphatic heterocycles. The SMILES string of the molecule is c1ccc2c(c1)oc1ccc(-c3ccc4c(c3)c3ccccc3n4-c3cc(-c4ccc5oc6ncccc6c5c4)cc(-n4c5ccccc5c5ccccc54)c3)cc12. The molecule has 8 aromatic carbocycles. The Morgan fingerprint density at radius 1 is 0.310 bits per heavy atom. The van der Waals surface area contributed by atoms with Crippen molar-refractivity contribution in [2.24, 2.45) is 0 Å². The van der Waals surface area contributed by atoms with Gasteiger partial charge in [-0.05, 0) is 113 Å². The maximum absolute atomic E-state index is 6.17. The molecule has 13 aromatic rings. The summed E-state index contributed by atoms with van der Waals surface area (Å²) in [5.41, 5.74) is 14.6. The molecule has 0 spiro atoms. The van der Waals surface area contributed by atoms with Crippen molar-refractivity contribution in [1.29, 1.82) is 0 Å². The third-order valence-corrected chi connectivity index (χ3v) is 12.0. The van der Waals surface area contributed by atoms with Gasteiger partial charge in [0, 0.05) is 60.7 Å². The van der Waals surface area contributed by atoms with Crippen LogP contribution in [0, 0.1) is 0 Å². The number of hydrogen-bond donors (Lipinski definition) is 0. The number of fused-ring (bicyclic) bond motifs is 12. The van der Waals surface area contributed by atoms with Crippen LogP contribution >= 0.6 is 0 Å². The molecule has 0 unspecified atom stereocenters. The van der Waals surface area contributed by atoms with Gasteiger partial charge in [-0.15, -0.1) is 0 Å². The molecule has 0 aliphatic rings.